The van der Waals surface area contributed by atoms with Crippen LogP contribution in [0.2, 0.25) is 0 Å². The van der Waals surface area contributed by atoms with E-state index in [0.717, 1.165) is 0 Å². The Kier molecular flexibility index (Phi) is 4.61. The van der Waals surface area contributed by atoms with Gasteiger partial charge in [-0.25, -0.2) is 0 Å². The van der Waals surface area contributed by atoms with Crippen LogP contribution in [0.25, 0.3) is 0 Å². The maximum Gasteiger partial charge on any atom is 0.309 e. The number of nitrogens with two attached hydrogens (primary N) is 1. The number of carbonyl (C=O) groups excluding carboxylic acids is 2. The highest BCUT2D eigenvalue weighted by Gasteiger charge is 2.28. The Hall–Kier alpha value is -2.04. The van der Waals surface area contributed by atoms with E-state index in [1.54, 1.807) is 36.1 Å². The highest BCUT2D eigenvalue weighted by Crippen LogP contribution is 2.20. The molecule has 1 aliphatic heterocycles. The fraction of sp³-hybridized carbons (Fsp3) is 0.467. The number of likely N-dealkylation sites (tertiary alicyclic amines) is 1. The van der Waals surface area contributed by atoms with E-state index >= 15 is 0 Å². The molecule has 1 fully saturated rings. The Bertz CT molecular complexity index is 494. The molecule has 1 amide bonds. The van der Waals surface area contributed by atoms with Crippen molar-refractivity contribution >= 4 is 17.6 Å². The second kappa shape index (κ2) is 6.41. The second-order valence-electron chi connectivity index (χ2n) is 4.94. The summed E-state index contributed by atoms with van der Waals surface area (Å²) < 4.78 is 5.02. The number of hydrogen-bond acceptors (Lipinski definition) is 4. The maximum absolute atomic E-state index is 12.3. The third-order valence-corrected chi connectivity index (χ3v) is 3.54. The zero-order valence-electron chi connectivity index (χ0n) is 11.7. The first kappa shape index (κ1) is 14.4. The average Bonchev–Trinajstić information content (AvgIpc) is 2.47. The van der Waals surface area contributed by atoms with Gasteiger partial charge in [-0.2, -0.15) is 0 Å². The van der Waals surface area contributed by atoms with E-state index in [1.807, 2.05) is 0 Å². The van der Waals surface area contributed by atoms with Crippen molar-refractivity contribution in [2.24, 2.45) is 5.92 Å². The minimum Gasteiger partial charge on any atom is -0.466 e. The number of amides is 1. The first-order valence-corrected chi connectivity index (χ1v) is 6.93. The third-order valence-electron chi connectivity index (χ3n) is 3.54. The molecule has 5 nitrogen and oxygen atoms in total. The van der Waals surface area contributed by atoms with Crippen LogP contribution in [0.1, 0.15) is 30.1 Å². The number of benzene rings is 1. The van der Waals surface area contributed by atoms with E-state index in [9.17, 15) is 9.59 Å². The van der Waals surface area contributed by atoms with Gasteiger partial charge in [0.05, 0.1) is 12.5 Å². The monoisotopic (exact) mass is 276 g/mol. The molecule has 0 spiro atoms. The van der Waals surface area contributed by atoms with Crippen molar-refractivity contribution in [2.75, 3.05) is 25.4 Å². The lowest BCUT2D eigenvalue weighted by Gasteiger charge is -2.31. The molecule has 0 unspecified atom stereocenters. The van der Waals surface area contributed by atoms with Crippen molar-refractivity contribution in [3.8, 4) is 0 Å². The molecule has 1 aliphatic rings. The summed E-state index contributed by atoms with van der Waals surface area (Å²) in [6.07, 6.45) is 1.32. The summed E-state index contributed by atoms with van der Waals surface area (Å²) in [4.78, 5) is 25.7. The average molecular weight is 276 g/mol. The molecule has 5 heteroatoms. The summed E-state index contributed by atoms with van der Waals surface area (Å²) in [5, 5.41) is 0. The first-order valence-electron chi connectivity index (χ1n) is 6.93. The SMILES string of the molecule is CCOC(=O)C1CCN(C(=O)c2cccc(N)c2)CC1. The van der Waals surface area contributed by atoms with Crippen molar-refractivity contribution in [3.63, 3.8) is 0 Å². The van der Waals surface area contributed by atoms with E-state index in [0.29, 0.717) is 43.8 Å². The predicted molar refractivity (Wildman–Crippen MR) is 76.1 cm³/mol. The number of ether oxygens (including phenoxy) is 1. The number of nitrogen functional groups attached to an aromatic ring is 1. The number of hydrogen-bond donors (Lipinski definition) is 1. The first-order chi connectivity index (χ1) is 9.61. The van der Waals surface area contributed by atoms with Crippen molar-refractivity contribution in [3.05, 3.63) is 29.8 Å². The third kappa shape index (κ3) is 3.29. The van der Waals surface area contributed by atoms with Crippen LogP contribution in [0.5, 0.6) is 0 Å². The molecule has 1 saturated heterocycles. The molecule has 0 radical (unpaired) electrons. The van der Waals surface area contributed by atoms with Crippen LogP contribution < -0.4 is 5.73 Å². The quantitative estimate of drug-likeness (QED) is 0.673. The highest BCUT2D eigenvalue weighted by atomic mass is 16.5. The molecule has 108 valence electrons. The summed E-state index contributed by atoms with van der Waals surface area (Å²) in [6, 6.07) is 6.97. The number of anilines is 1. The Balaban J connectivity index is 1.93. The van der Waals surface area contributed by atoms with Crippen LogP contribution in [0.15, 0.2) is 24.3 Å². The fourth-order valence-electron chi connectivity index (χ4n) is 2.43. The van der Waals surface area contributed by atoms with Gasteiger partial charge in [-0.05, 0) is 38.0 Å². The molecule has 1 aromatic rings. The predicted octanol–water partition coefficient (Wildman–Crippen LogP) is 1.68. The highest BCUT2D eigenvalue weighted by molar-refractivity contribution is 5.95. The molecule has 0 atom stereocenters. The van der Waals surface area contributed by atoms with E-state index in [2.05, 4.69) is 0 Å². The Morgan fingerprint density at radius 3 is 2.65 bits per heavy atom. The van der Waals surface area contributed by atoms with Gasteiger partial charge in [0, 0.05) is 24.3 Å². The molecule has 0 aliphatic carbocycles. The van der Waals surface area contributed by atoms with E-state index in [-0.39, 0.29) is 17.8 Å². The number of piperidine rings is 1. The van der Waals surface area contributed by atoms with Gasteiger partial charge in [0.15, 0.2) is 0 Å². The zero-order valence-corrected chi connectivity index (χ0v) is 11.7. The van der Waals surface area contributed by atoms with Gasteiger partial charge in [-0.3, -0.25) is 9.59 Å². The molecule has 1 heterocycles. The molecular formula is C15H20N2O3. The van der Waals surface area contributed by atoms with E-state index < -0.39 is 0 Å². The molecule has 2 rings (SSSR count). The zero-order chi connectivity index (χ0) is 14.5. The smallest absolute Gasteiger partial charge is 0.309 e. The summed E-state index contributed by atoms with van der Waals surface area (Å²) in [5.41, 5.74) is 6.87. The van der Waals surface area contributed by atoms with Gasteiger partial charge in [0.1, 0.15) is 0 Å². The summed E-state index contributed by atoms with van der Waals surface area (Å²) in [7, 11) is 0. The molecule has 2 N–H and O–H groups in total. The van der Waals surface area contributed by atoms with Crippen molar-refractivity contribution in [2.45, 2.75) is 19.8 Å². The van der Waals surface area contributed by atoms with Gasteiger partial charge >= 0.3 is 5.97 Å². The van der Waals surface area contributed by atoms with Crippen molar-refractivity contribution in [1.82, 2.24) is 4.90 Å². The number of nitrogens with zero attached hydrogens (tertiary/aromatic N) is 1. The molecule has 0 bridgehead atoms. The van der Waals surface area contributed by atoms with Crippen LogP contribution in [0.4, 0.5) is 5.69 Å². The molecule has 1 aromatic carbocycles. The normalized spacial score (nSPS) is 15.9. The lowest BCUT2D eigenvalue weighted by atomic mass is 9.96. The Labute approximate surface area is 118 Å². The summed E-state index contributed by atoms with van der Waals surface area (Å²) >= 11 is 0. The van der Waals surface area contributed by atoms with E-state index in [1.165, 1.54) is 0 Å². The second-order valence-corrected chi connectivity index (χ2v) is 4.94. The van der Waals surface area contributed by atoms with Crippen LogP contribution >= 0.6 is 0 Å². The van der Waals surface area contributed by atoms with Gasteiger partial charge < -0.3 is 15.4 Å². The topological polar surface area (TPSA) is 72.6 Å². The van der Waals surface area contributed by atoms with Gasteiger partial charge in [-0.1, -0.05) is 6.07 Å². The molecule has 0 saturated carbocycles. The van der Waals surface area contributed by atoms with Gasteiger partial charge in [0.2, 0.25) is 0 Å². The van der Waals surface area contributed by atoms with Gasteiger partial charge in [-0.15, -0.1) is 0 Å². The lowest BCUT2D eigenvalue weighted by Crippen LogP contribution is -2.40. The lowest BCUT2D eigenvalue weighted by molar-refractivity contribution is -0.149. The minimum absolute atomic E-state index is 0.0281. The van der Waals surface area contributed by atoms with Crippen molar-refractivity contribution < 1.29 is 14.3 Å². The molecular weight excluding hydrogens is 256 g/mol. The largest absolute Gasteiger partial charge is 0.466 e. The van der Waals surface area contributed by atoms with Crippen LogP contribution in [-0.4, -0.2) is 36.5 Å². The molecule has 20 heavy (non-hydrogen) atoms. The Morgan fingerprint density at radius 1 is 1.35 bits per heavy atom. The van der Waals surface area contributed by atoms with Crippen LogP contribution in [0, 0.1) is 5.92 Å². The van der Waals surface area contributed by atoms with E-state index in [4.69, 9.17) is 10.5 Å². The van der Waals surface area contributed by atoms with Crippen LogP contribution in [0.3, 0.4) is 0 Å². The summed E-state index contributed by atoms with van der Waals surface area (Å²) in [6.45, 7) is 3.37. The summed E-state index contributed by atoms with van der Waals surface area (Å²) in [5.74, 6) is -0.261. The standard InChI is InChI=1S/C15H20N2O3/c1-2-20-15(19)11-6-8-17(9-7-11)14(18)12-4-3-5-13(16)10-12/h3-5,10-11H,2,6-9,16H2,1H3. The Morgan fingerprint density at radius 2 is 2.05 bits per heavy atom. The number of esters is 1. The number of carbonyl (C=O) groups is 2. The van der Waals surface area contributed by atoms with Gasteiger partial charge in [0.25, 0.3) is 5.91 Å². The minimum atomic E-state index is -0.149. The number of rotatable bonds is 3. The van der Waals surface area contributed by atoms with Crippen molar-refractivity contribution in [1.29, 1.82) is 0 Å². The maximum atomic E-state index is 12.3. The van der Waals surface area contributed by atoms with Crippen LogP contribution in [-0.2, 0) is 9.53 Å². The fourth-order valence-corrected chi connectivity index (χ4v) is 2.43. The molecule has 0 aromatic heterocycles.